The third kappa shape index (κ3) is 2.82. The zero-order valence-electron chi connectivity index (χ0n) is 15.5. The van der Waals surface area contributed by atoms with E-state index in [9.17, 15) is 4.79 Å². The Labute approximate surface area is 144 Å². The van der Waals surface area contributed by atoms with Crippen LogP contribution >= 0.6 is 0 Å². The highest BCUT2D eigenvalue weighted by atomic mass is 16.5. The summed E-state index contributed by atoms with van der Waals surface area (Å²) in [5.74, 6) is 0.356. The van der Waals surface area contributed by atoms with Crippen molar-refractivity contribution in [1.29, 1.82) is 0 Å². The van der Waals surface area contributed by atoms with Crippen LogP contribution in [-0.4, -0.2) is 29.0 Å². The molecule has 2 aromatic rings. The number of rotatable bonds is 2. The van der Waals surface area contributed by atoms with E-state index in [1.807, 2.05) is 18.2 Å². The predicted molar refractivity (Wildman–Crippen MR) is 98.3 cm³/mol. The average Bonchev–Trinajstić information content (AvgIpc) is 2.67. The fourth-order valence-corrected chi connectivity index (χ4v) is 3.87. The smallest absolute Gasteiger partial charge is 0.316 e. The minimum atomic E-state index is -0.214. The van der Waals surface area contributed by atoms with E-state index in [2.05, 4.69) is 64.8 Å². The van der Waals surface area contributed by atoms with Gasteiger partial charge in [0.15, 0.2) is 0 Å². The number of ether oxygens (including phenoxy) is 1. The summed E-state index contributed by atoms with van der Waals surface area (Å²) in [6, 6.07) is 12.1. The van der Waals surface area contributed by atoms with E-state index < -0.39 is 0 Å². The molecule has 1 aliphatic rings. The molecule has 128 valence electrons. The topological polar surface area (TPSA) is 29.5 Å². The summed E-state index contributed by atoms with van der Waals surface area (Å²) < 4.78 is 5.75. The van der Waals surface area contributed by atoms with Crippen LogP contribution < -0.4 is 4.74 Å². The number of nitrogens with zero attached hydrogens (tertiary/aromatic N) is 1. The molecule has 1 atom stereocenters. The van der Waals surface area contributed by atoms with Gasteiger partial charge in [0.2, 0.25) is 0 Å². The zero-order valence-corrected chi connectivity index (χ0v) is 15.5. The summed E-state index contributed by atoms with van der Waals surface area (Å²) in [5, 5.41) is 2.26. The third-order valence-electron chi connectivity index (χ3n) is 5.80. The van der Waals surface area contributed by atoms with Crippen LogP contribution in [0.15, 0.2) is 36.4 Å². The van der Waals surface area contributed by atoms with E-state index in [1.54, 1.807) is 0 Å². The van der Waals surface area contributed by atoms with Gasteiger partial charge in [-0.2, -0.15) is 0 Å². The second-order valence-corrected chi connectivity index (χ2v) is 8.22. The van der Waals surface area contributed by atoms with Crippen LogP contribution in [0.3, 0.4) is 0 Å². The van der Waals surface area contributed by atoms with Crippen LogP contribution in [0.4, 0.5) is 0 Å². The van der Waals surface area contributed by atoms with Crippen molar-refractivity contribution in [3.63, 3.8) is 0 Å². The Morgan fingerprint density at radius 1 is 1.08 bits per heavy atom. The first-order chi connectivity index (χ1) is 11.1. The number of likely N-dealkylation sites (tertiary alicyclic amines) is 1. The van der Waals surface area contributed by atoms with Gasteiger partial charge in [-0.1, -0.05) is 29.8 Å². The van der Waals surface area contributed by atoms with Crippen molar-refractivity contribution in [3.8, 4) is 5.75 Å². The molecule has 1 saturated heterocycles. The number of carbonyl (C=O) groups excluding carboxylic acids is 1. The maximum absolute atomic E-state index is 12.8. The molecular weight excluding hydrogens is 298 g/mol. The molecule has 1 aliphatic heterocycles. The lowest BCUT2D eigenvalue weighted by Gasteiger charge is -2.37. The lowest BCUT2D eigenvalue weighted by atomic mass is 9.87. The molecule has 0 aromatic heterocycles. The average molecular weight is 325 g/mol. The number of benzene rings is 2. The van der Waals surface area contributed by atoms with Gasteiger partial charge in [-0.05, 0) is 71.0 Å². The van der Waals surface area contributed by atoms with Crippen molar-refractivity contribution in [2.75, 3.05) is 7.05 Å². The predicted octanol–water partition coefficient (Wildman–Crippen LogP) is 4.56. The summed E-state index contributed by atoms with van der Waals surface area (Å²) in [4.78, 5) is 15.1. The lowest BCUT2D eigenvalue weighted by Crippen LogP contribution is -2.48. The number of hydrogen-bond donors (Lipinski definition) is 0. The highest BCUT2D eigenvalue weighted by molar-refractivity contribution is 5.86. The molecular formula is C21H27NO2. The first-order valence-electron chi connectivity index (χ1n) is 8.57. The van der Waals surface area contributed by atoms with Gasteiger partial charge >= 0.3 is 5.97 Å². The number of carbonyl (C=O) groups is 1. The quantitative estimate of drug-likeness (QED) is 0.599. The molecule has 0 amide bonds. The molecule has 0 bridgehead atoms. The molecule has 1 unspecified atom stereocenters. The van der Waals surface area contributed by atoms with Gasteiger partial charge in [0, 0.05) is 11.1 Å². The van der Waals surface area contributed by atoms with Crippen molar-refractivity contribution in [1.82, 2.24) is 4.90 Å². The van der Waals surface area contributed by atoms with Gasteiger partial charge in [-0.3, -0.25) is 9.69 Å². The van der Waals surface area contributed by atoms with Crippen LogP contribution in [0.5, 0.6) is 5.75 Å². The van der Waals surface area contributed by atoms with E-state index in [1.165, 1.54) is 5.56 Å². The number of hydrogen-bond acceptors (Lipinski definition) is 3. The Bertz CT molecular complexity index is 792. The molecule has 0 saturated carbocycles. The molecule has 3 rings (SSSR count). The Morgan fingerprint density at radius 2 is 1.71 bits per heavy atom. The lowest BCUT2D eigenvalue weighted by molar-refractivity contribution is -0.141. The third-order valence-corrected chi connectivity index (χ3v) is 5.80. The molecule has 3 nitrogen and oxygen atoms in total. The summed E-state index contributed by atoms with van der Waals surface area (Å²) in [5.41, 5.74) is 1.01. The first-order valence-corrected chi connectivity index (χ1v) is 8.57. The molecule has 3 heteroatoms. The number of fused-ring (bicyclic) bond motifs is 1. The van der Waals surface area contributed by atoms with E-state index in [0.717, 1.165) is 17.2 Å². The number of aryl methyl sites for hydroxylation is 1. The minimum Gasteiger partial charge on any atom is -0.426 e. The molecule has 1 heterocycles. The van der Waals surface area contributed by atoms with Crippen molar-refractivity contribution in [2.45, 2.75) is 52.1 Å². The molecule has 0 spiro atoms. The van der Waals surface area contributed by atoms with Crippen LogP contribution in [-0.2, 0) is 4.79 Å². The maximum Gasteiger partial charge on any atom is 0.316 e. The second kappa shape index (κ2) is 5.59. The Hall–Kier alpha value is -1.87. The van der Waals surface area contributed by atoms with Gasteiger partial charge in [0.05, 0.1) is 5.92 Å². The Balaban J connectivity index is 1.83. The first kappa shape index (κ1) is 17.0. The van der Waals surface area contributed by atoms with E-state index in [4.69, 9.17) is 4.74 Å². The largest absolute Gasteiger partial charge is 0.426 e. The van der Waals surface area contributed by atoms with E-state index in [0.29, 0.717) is 5.75 Å². The van der Waals surface area contributed by atoms with Crippen LogP contribution in [0, 0.1) is 12.8 Å². The van der Waals surface area contributed by atoms with E-state index in [-0.39, 0.29) is 23.0 Å². The van der Waals surface area contributed by atoms with E-state index >= 15 is 0 Å². The molecule has 0 N–H and O–H groups in total. The summed E-state index contributed by atoms with van der Waals surface area (Å²) in [6.07, 6.45) is 0.808. The Morgan fingerprint density at radius 3 is 2.33 bits per heavy atom. The monoisotopic (exact) mass is 325 g/mol. The molecule has 1 fully saturated rings. The fraction of sp³-hybridized carbons (Fsp3) is 0.476. The summed E-state index contributed by atoms with van der Waals surface area (Å²) in [6.45, 7) is 10.7. The zero-order chi connectivity index (χ0) is 17.7. The molecule has 24 heavy (non-hydrogen) atoms. The van der Waals surface area contributed by atoms with Gasteiger partial charge < -0.3 is 4.74 Å². The van der Waals surface area contributed by atoms with Gasteiger partial charge in [0.25, 0.3) is 0 Å². The minimum absolute atomic E-state index is 0.00585. The Kier molecular flexibility index (Phi) is 3.95. The number of esters is 1. The van der Waals surface area contributed by atoms with Crippen molar-refractivity contribution < 1.29 is 9.53 Å². The fourth-order valence-electron chi connectivity index (χ4n) is 3.87. The second-order valence-electron chi connectivity index (χ2n) is 8.22. The van der Waals surface area contributed by atoms with Gasteiger partial charge in [0.1, 0.15) is 5.75 Å². The van der Waals surface area contributed by atoms with Crippen LogP contribution in [0.1, 0.15) is 39.7 Å². The maximum atomic E-state index is 12.8. The van der Waals surface area contributed by atoms with Crippen molar-refractivity contribution in [3.05, 3.63) is 42.0 Å². The van der Waals surface area contributed by atoms with Crippen LogP contribution in [0.25, 0.3) is 10.8 Å². The molecule has 0 radical (unpaired) electrons. The van der Waals surface area contributed by atoms with Gasteiger partial charge in [-0.15, -0.1) is 0 Å². The highest BCUT2D eigenvalue weighted by Crippen LogP contribution is 2.44. The molecule has 2 aromatic carbocycles. The standard InChI is InChI=1S/C21H27NO2/c1-14-7-8-16-12-17(10-9-15(16)11-14)24-19(23)18-13-20(2,3)22(6)21(18,4)5/h7-12,18H,13H2,1-6H3. The van der Waals surface area contributed by atoms with Gasteiger partial charge in [-0.25, -0.2) is 0 Å². The van der Waals surface area contributed by atoms with Crippen molar-refractivity contribution in [2.24, 2.45) is 5.92 Å². The normalized spacial score (nSPS) is 22.7. The highest BCUT2D eigenvalue weighted by Gasteiger charge is 2.53. The SMILES string of the molecule is Cc1ccc2cc(OC(=O)C3CC(C)(C)N(C)C3(C)C)ccc2c1. The van der Waals surface area contributed by atoms with Crippen LogP contribution in [0.2, 0.25) is 0 Å². The molecule has 0 aliphatic carbocycles. The summed E-state index contributed by atoms with van der Waals surface area (Å²) >= 11 is 0. The summed E-state index contributed by atoms with van der Waals surface area (Å²) in [7, 11) is 2.09. The van der Waals surface area contributed by atoms with Crippen molar-refractivity contribution >= 4 is 16.7 Å².